The highest BCUT2D eigenvalue weighted by molar-refractivity contribution is 5.74. The monoisotopic (exact) mass is 240 g/mol. The third-order valence-electron chi connectivity index (χ3n) is 3.47. The molecule has 0 aromatic rings. The number of aliphatic hydroxyl groups excluding tert-OH is 1. The Morgan fingerprint density at radius 1 is 1.59 bits per heavy atom. The van der Waals surface area contributed by atoms with Gasteiger partial charge in [-0.15, -0.1) is 0 Å². The number of rotatable bonds is 4. The molecule has 1 aliphatic rings. The fourth-order valence-electron chi connectivity index (χ4n) is 2.25. The molecule has 5 nitrogen and oxygen atoms in total. The largest absolute Gasteiger partial charge is 0.467 e. The average molecular weight is 240 g/mol. The number of piperidine rings is 1. The minimum absolute atomic E-state index is 0.0204. The highest BCUT2D eigenvalue weighted by Crippen LogP contribution is 2.23. The molecule has 0 radical (unpaired) electrons. The van der Waals surface area contributed by atoms with Crippen LogP contribution in [0.3, 0.4) is 0 Å². The van der Waals surface area contributed by atoms with Gasteiger partial charge in [0.05, 0.1) is 19.6 Å². The van der Waals surface area contributed by atoms with Crippen LogP contribution in [0.5, 0.6) is 0 Å². The zero-order valence-corrected chi connectivity index (χ0v) is 10.4. The van der Waals surface area contributed by atoms with Crippen LogP contribution in [0.1, 0.15) is 26.2 Å². The SMILES string of the molecule is COC(=O)C(O)C1CCN(C(C)CC#N)CC1. The summed E-state index contributed by atoms with van der Waals surface area (Å²) in [5.41, 5.74) is 0. The van der Waals surface area contributed by atoms with Crippen molar-refractivity contribution in [1.29, 1.82) is 5.26 Å². The number of carbonyl (C=O) groups is 1. The summed E-state index contributed by atoms with van der Waals surface area (Å²) in [7, 11) is 1.29. The molecule has 1 aliphatic heterocycles. The van der Waals surface area contributed by atoms with Crippen LogP contribution in [0.4, 0.5) is 0 Å². The van der Waals surface area contributed by atoms with E-state index in [1.54, 1.807) is 0 Å². The minimum atomic E-state index is -1.01. The molecule has 0 saturated carbocycles. The quantitative estimate of drug-likeness (QED) is 0.726. The number of hydrogen-bond acceptors (Lipinski definition) is 5. The molecular weight excluding hydrogens is 220 g/mol. The van der Waals surface area contributed by atoms with Crippen molar-refractivity contribution in [2.45, 2.75) is 38.3 Å². The van der Waals surface area contributed by atoms with Gasteiger partial charge in [0.25, 0.3) is 0 Å². The maximum atomic E-state index is 11.2. The maximum Gasteiger partial charge on any atom is 0.334 e. The third-order valence-corrected chi connectivity index (χ3v) is 3.47. The van der Waals surface area contributed by atoms with Gasteiger partial charge < -0.3 is 9.84 Å². The van der Waals surface area contributed by atoms with E-state index < -0.39 is 12.1 Å². The number of esters is 1. The maximum absolute atomic E-state index is 11.2. The van der Waals surface area contributed by atoms with Gasteiger partial charge in [0.15, 0.2) is 6.10 Å². The molecule has 0 aromatic carbocycles. The number of ether oxygens (including phenoxy) is 1. The minimum Gasteiger partial charge on any atom is -0.467 e. The van der Waals surface area contributed by atoms with E-state index in [4.69, 9.17) is 5.26 Å². The van der Waals surface area contributed by atoms with Gasteiger partial charge >= 0.3 is 5.97 Å². The number of nitriles is 1. The van der Waals surface area contributed by atoms with Crippen LogP contribution in [-0.4, -0.2) is 48.3 Å². The van der Waals surface area contributed by atoms with E-state index >= 15 is 0 Å². The first kappa shape index (κ1) is 13.9. The Labute approximate surface area is 102 Å². The lowest BCUT2D eigenvalue weighted by Gasteiger charge is -2.36. The van der Waals surface area contributed by atoms with Crippen molar-refractivity contribution in [3.8, 4) is 6.07 Å². The molecule has 1 N–H and O–H groups in total. The molecule has 1 saturated heterocycles. The van der Waals surface area contributed by atoms with E-state index in [0.717, 1.165) is 25.9 Å². The lowest BCUT2D eigenvalue weighted by Crippen LogP contribution is -2.44. The molecule has 0 spiro atoms. The van der Waals surface area contributed by atoms with Crippen LogP contribution in [0.15, 0.2) is 0 Å². The summed E-state index contributed by atoms with van der Waals surface area (Å²) in [6, 6.07) is 2.41. The van der Waals surface area contributed by atoms with Crippen LogP contribution >= 0.6 is 0 Å². The highest BCUT2D eigenvalue weighted by atomic mass is 16.5. The van der Waals surface area contributed by atoms with Crippen LogP contribution in [0.2, 0.25) is 0 Å². The molecule has 0 aromatic heterocycles. The lowest BCUT2D eigenvalue weighted by atomic mass is 9.90. The van der Waals surface area contributed by atoms with Gasteiger partial charge in [-0.3, -0.25) is 4.90 Å². The molecule has 2 unspecified atom stereocenters. The number of methoxy groups -OCH3 is 1. The first-order valence-corrected chi connectivity index (χ1v) is 5.97. The normalized spacial score (nSPS) is 21.5. The van der Waals surface area contributed by atoms with Crippen molar-refractivity contribution in [2.75, 3.05) is 20.2 Å². The average Bonchev–Trinajstić information content (AvgIpc) is 2.37. The zero-order chi connectivity index (χ0) is 12.8. The van der Waals surface area contributed by atoms with Crippen molar-refractivity contribution in [3.05, 3.63) is 0 Å². The van der Waals surface area contributed by atoms with Crippen LogP contribution in [0.25, 0.3) is 0 Å². The summed E-state index contributed by atoms with van der Waals surface area (Å²) in [6.45, 7) is 3.67. The van der Waals surface area contributed by atoms with Gasteiger partial charge in [-0.2, -0.15) is 5.26 Å². The number of hydrogen-bond donors (Lipinski definition) is 1. The molecule has 96 valence electrons. The van der Waals surface area contributed by atoms with Gasteiger partial charge in [-0.1, -0.05) is 0 Å². The second-order valence-electron chi connectivity index (χ2n) is 4.55. The van der Waals surface area contributed by atoms with Crippen molar-refractivity contribution in [1.82, 2.24) is 4.90 Å². The molecule has 17 heavy (non-hydrogen) atoms. The predicted octanol–water partition coefficient (Wildman–Crippen LogP) is 0.534. The number of carbonyl (C=O) groups excluding carboxylic acids is 1. The molecule has 2 atom stereocenters. The van der Waals surface area contributed by atoms with Gasteiger partial charge in [0.2, 0.25) is 0 Å². The summed E-state index contributed by atoms with van der Waals surface area (Å²) in [4.78, 5) is 13.4. The summed E-state index contributed by atoms with van der Waals surface area (Å²) in [5.74, 6) is -0.568. The second kappa shape index (κ2) is 6.58. The molecular formula is C12H20N2O3. The predicted molar refractivity (Wildman–Crippen MR) is 62.0 cm³/mol. The van der Waals surface area contributed by atoms with E-state index in [1.165, 1.54) is 7.11 Å². The fraction of sp³-hybridized carbons (Fsp3) is 0.833. The molecule has 1 fully saturated rings. The van der Waals surface area contributed by atoms with E-state index in [2.05, 4.69) is 15.7 Å². The molecule has 1 rings (SSSR count). The summed E-state index contributed by atoms with van der Waals surface area (Å²) in [5, 5.41) is 18.4. The highest BCUT2D eigenvalue weighted by Gasteiger charge is 2.31. The molecule has 1 heterocycles. The molecule has 0 amide bonds. The standard InChI is InChI=1S/C12H20N2O3/c1-9(3-6-13)14-7-4-10(5-8-14)11(15)12(16)17-2/h9-11,15H,3-5,7-8H2,1-2H3. The zero-order valence-electron chi connectivity index (χ0n) is 10.4. The first-order chi connectivity index (χ1) is 8.10. The Hall–Kier alpha value is -1.12. The summed E-state index contributed by atoms with van der Waals surface area (Å²) in [6.07, 6.45) is 1.05. The van der Waals surface area contributed by atoms with E-state index in [0.29, 0.717) is 6.42 Å². The van der Waals surface area contributed by atoms with Crippen LogP contribution in [0, 0.1) is 17.2 Å². The van der Waals surface area contributed by atoms with Crippen LogP contribution in [-0.2, 0) is 9.53 Å². The third kappa shape index (κ3) is 3.69. The van der Waals surface area contributed by atoms with Crippen molar-refractivity contribution >= 4 is 5.97 Å². The Kier molecular flexibility index (Phi) is 5.39. The Morgan fingerprint density at radius 2 is 2.18 bits per heavy atom. The summed E-state index contributed by atoms with van der Waals surface area (Å²) >= 11 is 0. The van der Waals surface area contributed by atoms with Gasteiger partial charge in [0.1, 0.15) is 0 Å². The molecule has 5 heteroatoms. The Morgan fingerprint density at radius 3 is 2.65 bits per heavy atom. The van der Waals surface area contributed by atoms with E-state index in [9.17, 15) is 9.90 Å². The van der Waals surface area contributed by atoms with Crippen molar-refractivity contribution in [2.24, 2.45) is 5.92 Å². The summed E-state index contributed by atoms with van der Waals surface area (Å²) < 4.78 is 4.53. The first-order valence-electron chi connectivity index (χ1n) is 5.97. The van der Waals surface area contributed by atoms with Crippen LogP contribution < -0.4 is 0 Å². The topological polar surface area (TPSA) is 73.6 Å². The fourth-order valence-corrected chi connectivity index (χ4v) is 2.25. The second-order valence-corrected chi connectivity index (χ2v) is 4.55. The van der Waals surface area contributed by atoms with Gasteiger partial charge in [-0.05, 0) is 38.8 Å². The smallest absolute Gasteiger partial charge is 0.334 e. The number of likely N-dealkylation sites (tertiary alicyclic amines) is 1. The lowest BCUT2D eigenvalue weighted by molar-refractivity contribution is -0.154. The van der Waals surface area contributed by atoms with Crippen molar-refractivity contribution < 1.29 is 14.6 Å². The van der Waals surface area contributed by atoms with E-state index in [1.807, 2.05) is 6.92 Å². The number of nitrogens with zero attached hydrogens (tertiary/aromatic N) is 2. The molecule has 0 aliphatic carbocycles. The van der Waals surface area contributed by atoms with Gasteiger partial charge in [-0.25, -0.2) is 4.79 Å². The Bertz CT molecular complexity index is 293. The molecule has 0 bridgehead atoms. The van der Waals surface area contributed by atoms with E-state index in [-0.39, 0.29) is 12.0 Å². The number of aliphatic hydroxyl groups is 1. The Balaban J connectivity index is 2.40. The van der Waals surface area contributed by atoms with Crippen molar-refractivity contribution in [3.63, 3.8) is 0 Å². The van der Waals surface area contributed by atoms with Gasteiger partial charge in [0, 0.05) is 6.04 Å².